The Labute approximate surface area is 93.0 Å². The summed E-state index contributed by atoms with van der Waals surface area (Å²) < 4.78 is 0. The molecule has 15 heavy (non-hydrogen) atoms. The number of fused-ring (bicyclic) bond motifs is 2. The van der Waals surface area contributed by atoms with Crippen molar-refractivity contribution in [2.24, 2.45) is 0 Å². The minimum atomic E-state index is 1.20. The van der Waals surface area contributed by atoms with Crippen molar-refractivity contribution >= 4 is 5.57 Å². The molecule has 0 unspecified atom stereocenters. The van der Waals surface area contributed by atoms with Crippen LogP contribution >= 0.6 is 0 Å². The van der Waals surface area contributed by atoms with Gasteiger partial charge in [0.05, 0.1) is 0 Å². The normalized spacial score (nSPS) is 16.8. The summed E-state index contributed by atoms with van der Waals surface area (Å²) in [6.45, 7) is 8.15. The zero-order valence-corrected chi connectivity index (χ0v) is 9.90. The highest BCUT2D eigenvalue weighted by Crippen LogP contribution is 2.35. The predicted octanol–water partition coefficient (Wildman–Crippen LogP) is 4.16. The van der Waals surface area contributed by atoms with Gasteiger partial charge < -0.3 is 0 Å². The lowest BCUT2D eigenvalue weighted by atomic mass is 9.79. The minimum Gasteiger partial charge on any atom is -0.0952 e. The van der Waals surface area contributed by atoms with Gasteiger partial charge in [-0.2, -0.15) is 0 Å². The Kier molecular flexibility index (Phi) is 2.95. The van der Waals surface area contributed by atoms with Crippen LogP contribution in [0.25, 0.3) is 5.57 Å². The van der Waals surface area contributed by atoms with Gasteiger partial charge in [0.15, 0.2) is 0 Å². The fourth-order valence-corrected chi connectivity index (χ4v) is 2.46. The Hall–Kier alpha value is -1.04. The molecule has 0 saturated carbocycles. The van der Waals surface area contributed by atoms with Crippen LogP contribution in [-0.4, -0.2) is 0 Å². The maximum atomic E-state index is 4.15. The van der Waals surface area contributed by atoms with Crippen molar-refractivity contribution in [1.29, 1.82) is 0 Å². The molecule has 1 aromatic carbocycles. The van der Waals surface area contributed by atoms with Crippen LogP contribution < -0.4 is 0 Å². The van der Waals surface area contributed by atoms with Crippen LogP contribution in [0.5, 0.6) is 0 Å². The van der Waals surface area contributed by atoms with E-state index in [9.17, 15) is 0 Å². The molecule has 2 aliphatic rings. The number of allylic oxidation sites excluding steroid dienone is 1. The third kappa shape index (κ3) is 1.73. The van der Waals surface area contributed by atoms with Gasteiger partial charge in [-0.25, -0.2) is 0 Å². The van der Waals surface area contributed by atoms with E-state index in [0.29, 0.717) is 0 Å². The first-order chi connectivity index (χ1) is 7.34. The molecular formula is C15H20. The summed E-state index contributed by atoms with van der Waals surface area (Å²) in [5.41, 5.74) is 7.53. The molecule has 0 aliphatic heterocycles. The van der Waals surface area contributed by atoms with Crippen molar-refractivity contribution < 1.29 is 0 Å². The number of hydrogen-bond donors (Lipinski definition) is 0. The van der Waals surface area contributed by atoms with Crippen molar-refractivity contribution in [1.82, 2.24) is 0 Å². The molecule has 0 nitrogen and oxygen atoms in total. The van der Waals surface area contributed by atoms with Crippen LogP contribution in [0.4, 0.5) is 0 Å². The van der Waals surface area contributed by atoms with E-state index >= 15 is 0 Å². The largest absolute Gasteiger partial charge is 0.0952 e. The van der Waals surface area contributed by atoms with Crippen LogP contribution in [0.15, 0.2) is 18.7 Å². The Balaban J connectivity index is 0.000000404. The third-order valence-electron chi connectivity index (χ3n) is 3.39. The van der Waals surface area contributed by atoms with E-state index in [1.54, 1.807) is 16.7 Å². The standard InChI is InChI=1S/C13H14.C2H6/c1-9-3-2-4-12-7-10-5-6-11(10)8-13(9)12;1-2/h7-8H,1-6H2;1-2H3. The van der Waals surface area contributed by atoms with Gasteiger partial charge in [-0.15, -0.1) is 0 Å². The van der Waals surface area contributed by atoms with E-state index in [1.807, 2.05) is 13.8 Å². The fraction of sp³-hybridized carbons (Fsp3) is 0.467. The van der Waals surface area contributed by atoms with Crippen LogP contribution in [0.2, 0.25) is 0 Å². The summed E-state index contributed by atoms with van der Waals surface area (Å²) in [4.78, 5) is 0. The Morgan fingerprint density at radius 3 is 2.20 bits per heavy atom. The van der Waals surface area contributed by atoms with Crippen molar-refractivity contribution in [3.05, 3.63) is 41.0 Å². The maximum absolute atomic E-state index is 4.15. The highest BCUT2D eigenvalue weighted by atomic mass is 14.2. The molecule has 0 saturated heterocycles. The monoisotopic (exact) mass is 200 g/mol. The second-order valence-corrected chi connectivity index (χ2v) is 4.24. The van der Waals surface area contributed by atoms with Crippen molar-refractivity contribution in [3.63, 3.8) is 0 Å². The van der Waals surface area contributed by atoms with E-state index in [-0.39, 0.29) is 0 Å². The number of rotatable bonds is 0. The number of hydrogen-bond acceptors (Lipinski definition) is 0. The predicted molar refractivity (Wildman–Crippen MR) is 67.2 cm³/mol. The van der Waals surface area contributed by atoms with E-state index in [4.69, 9.17) is 0 Å². The van der Waals surface area contributed by atoms with Gasteiger partial charge in [-0.1, -0.05) is 32.6 Å². The van der Waals surface area contributed by atoms with Gasteiger partial charge >= 0.3 is 0 Å². The molecule has 0 spiro atoms. The average Bonchev–Trinajstić information content (AvgIpc) is 2.25. The molecule has 3 rings (SSSR count). The van der Waals surface area contributed by atoms with Gasteiger partial charge in [0.2, 0.25) is 0 Å². The molecule has 0 heteroatoms. The lowest BCUT2D eigenvalue weighted by molar-refractivity contribution is 0.790. The highest BCUT2D eigenvalue weighted by molar-refractivity contribution is 5.70. The van der Waals surface area contributed by atoms with Crippen molar-refractivity contribution in [2.45, 2.75) is 46.0 Å². The molecule has 0 N–H and O–H groups in total. The highest BCUT2D eigenvalue weighted by Gasteiger charge is 2.19. The maximum Gasteiger partial charge on any atom is -0.0195 e. The van der Waals surface area contributed by atoms with Gasteiger partial charge in [0.25, 0.3) is 0 Å². The molecule has 0 bridgehead atoms. The number of benzene rings is 1. The molecule has 0 atom stereocenters. The van der Waals surface area contributed by atoms with E-state index in [0.717, 1.165) is 0 Å². The Morgan fingerprint density at radius 2 is 1.53 bits per heavy atom. The van der Waals surface area contributed by atoms with Crippen LogP contribution in [0, 0.1) is 0 Å². The molecular weight excluding hydrogens is 180 g/mol. The summed E-state index contributed by atoms with van der Waals surface area (Å²) in [7, 11) is 0. The molecule has 80 valence electrons. The van der Waals surface area contributed by atoms with Gasteiger partial charge in [0, 0.05) is 0 Å². The molecule has 0 fully saturated rings. The third-order valence-corrected chi connectivity index (χ3v) is 3.39. The number of aryl methyl sites for hydroxylation is 3. The van der Waals surface area contributed by atoms with Crippen molar-refractivity contribution in [3.8, 4) is 0 Å². The molecule has 0 heterocycles. The summed E-state index contributed by atoms with van der Waals surface area (Å²) in [5, 5.41) is 0. The van der Waals surface area contributed by atoms with Crippen molar-refractivity contribution in [2.75, 3.05) is 0 Å². The smallest absolute Gasteiger partial charge is 0.0195 e. The molecule has 0 aromatic heterocycles. The fourth-order valence-electron chi connectivity index (χ4n) is 2.46. The lowest BCUT2D eigenvalue weighted by Crippen LogP contribution is -2.12. The molecule has 2 aliphatic carbocycles. The van der Waals surface area contributed by atoms with Crippen LogP contribution in [0.1, 0.15) is 48.9 Å². The van der Waals surface area contributed by atoms with E-state index < -0.39 is 0 Å². The van der Waals surface area contributed by atoms with E-state index in [2.05, 4.69) is 18.7 Å². The van der Waals surface area contributed by atoms with Gasteiger partial charge in [-0.3, -0.25) is 0 Å². The molecule has 1 aromatic rings. The Bertz CT molecular complexity index is 385. The second kappa shape index (κ2) is 4.22. The first-order valence-electron chi connectivity index (χ1n) is 6.17. The Morgan fingerprint density at radius 1 is 0.867 bits per heavy atom. The van der Waals surface area contributed by atoms with Gasteiger partial charge in [0.1, 0.15) is 0 Å². The quantitative estimate of drug-likeness (QED) is 0.590. The molecule has 0 radical (unpaired) electrons. The van der Waals surface area contributed by atoms with E-state index in [1.165, 1.54) is 43.2 Å². The van der Waals surface area contributed by atoms with Crippen LogP contribution in [-0.2, 0) is 19.3 Å². The average molecular weight is 200 g/mol. The SMILES string of the molecule is C=C1CCCc2cc3c(cc21)CC3.CC. The zero-order chi connectivity index (χ0) is 10.8. The topological polar surface area (TPSA) is 0 Å². The zero-order valence-electron chi connectivity index (χ0n) is 9.90. The summed E-state index contributed by atoms with van der Waals surface area (Å²) >= 11 is 0. The first-order valence-corrected chi connectivity index (χ1v) is 6.17. The summed E-state index contributed by atoms with van der Waals surface area (Å²) in [6, 6.07) is 4.80. The lowest BCUT2D eigenvalue weighted by Gasteiger charge is -2.26. The minimum absolute atomic E-state index is 1.20. The summed E-state index contributed by atoms with van der Waals surface area (Å²) in [6.07, 6.45) is 6.35. The van der Waals surface area contributed by atoms with Gasteiger partial charge in [-0.05, 0) is 59.9 Å². The first kappa shape index (κ1) is 10.5. The summed E-state index contributed by atoms with van der Waals surface area (Å²) in [5.74, 6) is 0. The van der Waals surface area contributed by atoms with Crippen LogP contribution in [0.3, 0.4) is 0 Å². The molecule has 0 amide bonds. The second-order valence-electron chi connectivity index (χ2n) is 4.24.